The fourth-order valence-corrected chi connectivity index (χ4v) is 4.15. The van der Waals surface area contributed by atoms with Gasteiger partial charge in [0.05, 0.1) is 17.5 Å². The minimum atomic E-state index is -4.73. The summed E-state index contributed by atoms with van der Waals surface area (Å²) < 4.78 is 79.5. The SMILES string of the molecule is CC[C@H](C)NC(=O)[C@@H](C)N(Cc1ccccc1F)C(=O)CN(c1cccc(C(F)(F)F)c1)S(C)(=O)=O. The van der Waals surface area contributed by atoms with Crippen molar-refractivity contribution in [3.05, 3.63) is 65.5 Å². The third-order valence-electron chi connectivity index (χ3n) is 5.61. The lowest BCUT2D eigenvalue weighted by molar-refractivity contribution is -0.139. The van der Waals surface area contributed by atoms with Crippen molar-refractivity contribution in [2.24, 2.45) is 0 Å². The second-order valence-electron chi connectivity index (χ2n) is 8.42. The van der Waals surface area contributed by atoms with E-state index >= 15 is 0 Å². The van der Waals surface area contributed by atoms with Gasteiger partial charge in [-0.25, -0.2) is 12.8 Å². The van der Waals surface area contributed by atoms with E-state index in [9.17, 15) is 35.6 Å². The maximum Gasteiger partial charge on any atom is 0.416 e. The number of nitrogens with one attached hydrogen (secondary N) is 1. The second-order valence-corrected chi connectivity index (χ2v) is 10.3. The van der Waals surface area contributed by atoms with Crippen molar-refractivity contribution in [3.8, 4) is 0 Å². The molecule has 0 spiro atoms. The number of hydrogen-bond donors (Lipinski definition) is 1. The highest BCUT2D eigenvalue weighted by Crippen LogP contribution is 2.32. The molecule has 0 fully saturated rings. The fourth-order valence-electron chi connectivity index (χ4n) is 3.31. The highest BCUT2D eigenvalue weighted by molar-refractivity contribution is 7.92. The Bertz CT molecular complexity index is 1190. The van der Waals surface area contributed by atoms with Crippen molar-refractivity contribution in [1.29, 1.82) is 0 Å². The van der Waals surface area contributed by atoms with E-state index < -0.39 is 52.0 Å². The zero-order valence-electron chi connectivity index (χ0n) is 20.3. The molecule has 0 unspecified atom stereocenters. The van der Waals surface area contributed by atoms with Crippen molar-refractivity contribution in [2.75, 3.05) is 17.1 Å². The Kier molecular flexibility index (Phi) is 9.47. The van der Waals surface area contributed by atoms with Crippen molar-refractivity contribution in [1.82, 2.24) is 10.2 Å². The Morgan fingerprint density at radius 2 is 1.69 bits per heavy atom. The Balaban J connectivity index is 2.45. The molecule has 0 aliphatic rings. The molecule has 0 saturated carbocycles. The molecule has 198 valence electrons. The third-order valence-corrected chi connectivity index (χ3v) is 6.75. The number of sulfonamides is 1. The summed E-state index contributed by atoms with van der Waals surface area (Å²) in [7, 11) is -4.21. The Morgan fingerprint density at radius 3 is 2.25 bits per heavy atom. The predicted molar refractivity (Wildman–Crippen MR) is 128 cm³/mol. The summed E-state index contributed by atoms with van der Waals surface area (Å²) in [5, 5.41) is 2.72. The molecule has 2 atom stereocenters. The molecule has 0 saturated heterocycles. The van der Waals surface area contributed by atoms with Gasteiger partial charge in [-0.15, -0.1) is 0 Å². The molecule has 12 heteroatoms. The molecule has 2 rings (SSSR count). The van der Waals surface area contributed by atoms with Crippen LogP contribution in [0.5, 0.6) is 0 Å². The van der Waals surface area contributed by atoms with Crippen LogP contribution in [-0.4, -0.2) is 50.0 Å². The van der Waals surface area contributed by atoms with E-state index in [0.717, 1.165) is 29.4 Å². The molecular formula is C24H29F4N3O4S. The van der Waals surface area contributed by atoms with E-state index in [1.807, 2.05) is 6.92 Å². The zero-order valence-corrected chi connectivity index (χ0v) is 21.2. The number of benzene rings is 2. The van der Waals surface area contributed by atoms with Gasteiger partial charge >= 0.3 is 6.18 Å². The van der Waals surface area contributed by atoms with E-state index in [1.54, 1.807) is 6.92 Å². The van der Waals surface area contributed by atoms with E-state index in [1.165, 1.54) is 31.2 Å². The summed E-state index contributed by atoms with van der Waals surface area (Å²) in [6.07, 6.45) is -3.37. The molecule has 7 nitrogen and oxygen atoms in total. The first-order valence-corrected chi connectivity index (χ1v) is 13.0. The van der Waals surface area contributed by atoms with Crippen LogP contribution in [0.25, 0.3) is 0 Å². The number of anilines is 1. The lowest BCUT2D eigenvalue weighted by Crippen LogP contribution is -2.52. The quantitative estimate of drug-likeness (QED) is 0.471. The molecular weight excluding hydrogens is 502 g/mol. The topological polar surface area (TPSA) is 86.8 Å². The summed E-state index contributed by atoms with van der Waals surface area (Å²) >= 11 is 0. The first-order valence-electron chi connectivity index (χ1n) is 11.1. The molecule has 2 aromatic carbocycles. The molecule has 2 amide bonds. The van der Waals surface area contributed by atoms with Gasteiger partial charge in [0, 0.05) is 18.2 Å². The van der Waals surface area contributed by atoms with Gasteiger partial charge in [-0.2, -0.15) is 13.2 Å². The van der Waals surface area contributed by atoms with Gasteiger partial charge in [0.15, 0.2) is 0 Å². The number of alkyl halides is 3. The van der Waals surface area contributed by atoms with Crippen LogP contribution in [0.2, 0.25) is 0 Å². The number of halogens is 4. The van der Waals surface area contributed by atoms with Crippen molar-refractivity contribution < 1.29 is 35.6 Å². The minimum absolute atomic E-state index is 0.0824. The maximum absolute atomic E-state index is 14.4. The summed E-state index contributed by atoms with van der Waals surface area (Å²) in [5.74, 6) is -2.07. The summed E-state index contributed by atoms with van der Waals surface area (Å²) in [6.45, 7) is 3.76. The van der Waals surface area contributed by atoms with E-state index in [4.69, 9.17) is 0 Å². The standard InChI is InChI=1S/C24H29F4N3O4S/c1-5-16(2)29-23(33)17(3)30(14-18-9-6-7-12-21(18)25)22(32)15-31(36(4,34)35)20-11-8-10-19(13-20)24(26,27)28/h6-13,16-17H,5,14-15H2,1-4H3,(H,29,33)/t16-,17+/m0/s1. The smallest absolute Gasteiger partial charge is 0.352 e. The minimum Gasteiger partial charge on any atom is -0.352 e. The highest BCUT2D eigenvalue weighted by Gasteiger charge is 2.34. The van der Waals surface area contributed by atoms with Crippen LogP contribution in [0.3, 0.4) is 0 Å². The molecule has 0 aromatic heterocycles. The first-order chi connectivity index (χ1) is 16.6. The van der Waals surface area contributed by atoms with E-state index in [0.29, 0.717) is 16.8 Å². The fraction of sp³-hybridized carbons (Fsp3) is 0.417. The number of hydrogen-bond acceptors (Lipinski definition) is 4. The average Bonchev–Trinajstić information content (AvgIpc) is 2.80. The Hall–Kier alpha value is -3.15. The number of nitrogens with zero attached hydrogens (tertiary/aromatic N) is 2. The van der Waals surface area contributed by atoms with Gasteiger partial charge in [-0.1, -0.05) is 31.2 Å². The second kappa shape index (κ2) is 11.7. The van der Waals surface area contributed by atoms with Crippen LogP contribution in [0.1, 0.15) is 38.3 Å². The van der Waals surface area contributed by atoms with Crippen LogP contribution in [0.15, 0.2) is 48.5 Å². The predicted octanol–water partition coefficient (Wildman–Crippen LogP) is 3.94. The van der Waals surface area contributed by atoms with Gasteiger partial charge in [0.25, 0.3) is 0 Å². The summed E-state index contributed by atoms with van der Waals surface area (Å²) in [6, 6.07) is 7.77. The van der Waals surface area contributed by atoms with Gasteiger partial charge in [0.2, 0.25) is 21.8 Å². The summed E-state index contributed by atoms with van der Waals surface area (Å²) in [4.78, 5) is 27.2. The van der Waals surface area contributed by atoms with Gasteiger partial charge in [0.1, 0.15) is 18.4 Å². The number of amides is 2. The number of carbonyl (C=O) groups is 2. The largest absolute Gasteiger partial charge is 0.416 e. The molecule has 0 bridgehead atoms. The molecule has 0 aliphatic heterocycles. The van der Waals surface area contributed by atoms with Crippen LogP contribution in [0, 0.1) is 5.82 Å². The van der Waals surface area contributed by atoms with Crippen LogP contribution < -0.4 is 9.62 Å². The third kappa shape index (κ3) is 7.67. The molecule has 0 aliphatic carbocycles. The molecule has 2 aromatic rings. The first kappa shape index (κ1) is 29.1. The molecule has 36 heavy (non-hydrogen) atoms. The van der Waals surface area contributed by atoms with E-state index in [-0.39, 0.29) is 23.8 Å². The van der Waals surface area contributed by atoms with Gasteiger partial charge in [-0.05, 0) is 44.5 Å². The summed E-state index contributed by atoms with van der Waals surface area (Å²) in [5.41, 5.74) is -1.38. The van der Waals surface area contributed by atoms with Crippen LogP contribution >= 0.6 is 0 Å². The monoisotopic (exact) mass is 531 g/mol. The molecule has 0 radical (unpaired) electrons. The van der Waals surface area contributed by atoms with Gasteiger partial charge in [-0.3, -0.25) is 13.9 Å². The normalized spacial score (nSPS) is 13.6. The van der Waals surface area contributed by atoms with Crippen molar-refractivity contribution >= 4 is 27.5 Å². The van der Waals surface area contributed by atoms with Crippen molar-refractivity contribution in [3.63, 3.8) is 0 Å². The Morgan fingerprint density at radius 1 is 1.06 bits per heavy atom. The van der Waals surface area contributed by atoms with Gasteiger partial charge < -0.3 is 10.2 Å². The molecule has 1 N–H and O–H groups in total. The van der Waals surface area contributed by atoms with Crippen LogP contribution in [0.4, 0.5) is 23.2 Å². The van der Waals surface area contributed by atoms with E-state index in [2.05, 4.69) is 5.32 Å². The lowest BCUT2D eigenvalue weighted by atomic mass is 10.1. The molecule has 0 heterocycles. The lowest BCUT2D eigenvalue weighted by Gasteiger charge is -2.32. The average molecular weight is 532 g/mol. The number of rotatable bonds is 10. The maximum atomic E-state index is 14.4. The van der Waals surface area contributed by atoms with Crippen LogP contribution in [-0.2, 0) is 32.3 Å². The van der Waals surface area contributed by atoms with Crippen molar-refractivity contribution in [2.45, 2.75) is 52.0 Å². The number of carbonyl (C=O) groups excluding carboxylic acids is 2. The zero-order chi connectivity index (χ0) is 27.3. The Labute approximate surface area is 208 Å². The highest BCUT2D eigenvalue weighted by atomic mass is 32.2.